The highest BCUT2D eigenvalue weighted by molar-refractivity contribution is 5.89. The van der Waals surface area contributed by atoms with Gasteiger partial charge in [-0.2, -0.15) is 0 Å². The van der Waals surface area contributed by atoms with Crippen molar-refractivity contribution in [1.29, 1.82) is 0 Å². The number of fused-ring (bicyclic) bond motifs is 7. The Morgan fingerprint density at radius 3 is 2.81 bits per heavy atom. The topological polar surface area (TPSA) is 38.8 Å². The lowest BCUT2D eigenvalue weighted by atomic mass is 9.76. The van der Waals surface area contributed by atoms with Crippen molar-refractivity contribution >= 4 is 5.97 Å². The van der Waals surface area contributed by atoms with E-state index in [1.807, 2.05) is 30.3 Å². The van der Waals surface area contributed by atoms with Gasteiger partial charge in [0.05, 0.1) is 17.3 Å². The van der Waals surface area contributed by atoms with Crippen LogP contribution in [-0.2, 0) is 9.47 Å². The first-order valence-electron chi connectivity index (χ1n) is 8.10. The summed E-state index contributed by atoms with van der Waals surface area (Å²) in [5.41, 5.74) is 0.833. The maximum absolute atomic E-state index is 12.3. The zero-order valence-corrected chi connectivity index (χ0v) is 12.2. The van der Waals surface area contributed by atoms with Gasteiger partial charge in [-0.05, 0) is 62.0 Å². The van der Waals surface area contributed by atoms with Crippen molar-refractivity contribution in [2.45, 2.75) is 44.0 Å². The fourth-order valence-electron chi connectivity index (χ4n) is 5.66. The van der Waals surface area contributed by atoms with Crippen molar-refractivity contribution in [2.75, 3.05) is 0 Å². The molecule has 0 spiro atoms. The Bertz CT molecular complexity index is 598. The van der Waals surface area contributed by atoms with Crippen LogP contribution in [0.3, 0.4) is 0 Å². The number of rotatable bonds is 2. The molecule has 4 fully saturated rings. The summed E-state index contributed by atoms with van der Waals surface area (Å²) in [7, 11) is 0. The highest BCUT2D eigenvalue weighted by atomic mass is 16.6. The largest absolute Gasteiger partial charge is 0.458 e. The van der Waals surface area contributed by atoms with E-state index in [2.05, 4.69) is 6.92 Å². The molecule has 5 rings (SSSR count). The minimum atomic E-state index is -0.157. The van der Waals surface area contributed by atoms with Crippen LogP contribution in [0.4, 0.5) is 0 Å². The Kier molecular flexibility index (Phi) is 2.26. The second-order valence-corrected chi connectivity index (χ2v) is 7.42. The first kappa shape index (κ1) is 12.2. The molecule has 4 aliphatic rings. The summed E-state index contributed by atoms with van der Waals surface area (Å²) in [6.07, 6.45) is 4.07. The van der Waals surface area contributed by atoms with Crippen LogP contribution in [0.2, 0.25) is 0 Å². The maximum atomic E-state index is 12.3. The predicted octanol–water partition coefficient (Wildman–Crippen LogP) is 3.05. The van der Waals surface area contributed by atoms with E-state index in [0.717, 1.165) is 18.3 Å². The summed E-state index contributed by atoms with van der Waals surface area (Å²) in [4.78, 5) is 12.3. The van der Waals surface area contributed by atoms with E-state index >= 15 is 0 Å². The van der Waals surface area contributed by atoms with Crippen molar-refractivity contribution in [1.82, 2.24) is 0 Å². The number of hydrogen-bond acceptors (Lipinski definition) is 3. The molecule has 0 N–H and O–H groups in total. The van der Waals surface area contributed by atoms with Gasteiger partial charge in [0.1, 0.15) is 6.10 Å². The molecule has 2 bridgehead atoms. The lowest BCUT2D eigenvalue weighted by molar-refractivity contribution is -0.0128. The molecule has 7 atom stereocenters. The molecular formula is C18H20O3. The molecule has 1 heterocycles. The van der Waals surface area contributed by atoms with Gasteiger partial charge in [-0.3, -0.25) is 0 Å². The van der Waals surface area contributed by atoms with E-state index in [1.165, 1.54) is 12.8 Å². The van der Waals surface area contributed by atoms with Gasteiger partial charge in [0.15, 0.2) is 0 Å². The summed E-state index contributed by atoms with van der Waals surface area (Å²) in [6, 6.07) is 9.35. The normalized spacial score (nSPS) is 48.8. The third kappa shape index (κ3) is 1.56. The lowest BCUT2D eigenvalue weighted by Gasteiger charge is -2.34. The van der Waals surface area contributed by atoms with Crippen molar-refractivity contribution in [3.8, 4) is 0 Å². The lowest BCUT2D eigenvalue weighted by Crippen LogP contribution is -2.36. The zero-order chi connectivity index (χ0) is 14.2. The van der Waals surface area contributed by atoms with Crippen LogP contribution in [0.5, 0.6) is 0 Å². The van der Waals surface area contributed by atoms with Gasteiger partial charge < -0.3 is 9.47 Å². The summed E-state index contributed by atoms with van der Waals surface area (Å²) < 4.78 is 11.7. The quantitative estimate of drug-likeness (QED) is 0.619. The Labute approximate surface area is 124 Å². The maximum Gasteiger partial charge on any atom is 0.338 e. The Hall–Kier alpha value is -1.35. The molecular weight excluding hydrogens is 264 g/mol. The fraction of sp³-hybridized carbons (Fsp3) is 0.611. The molecule has 1 aromatic rings. The number of hydrogen-bond donors (Lipinski definition) is 0. The molecule has 21 heavy (non-hydrogen) atoms. The first-order valence-corrected chi connectivity index (χ1v) is 8.10. The molecule has 3 heteroatoms. The molecule has 1 saturated heterocycles. The smallest absolute Gasteiger partial charge is 0.338 e. The number of benzene rings is 1. The summed E-state index contributed by atoms with van der Waals surface area (Å²) >= 11 is 0. The van der Waals surface area contributed by atoms with Gasteiger partial charge in [0.2, 0.25) is 0 Å². The highest BCUT2D eigenvalue weighted by Crippen LogP contribution is 2.69. The molecule has 1 aliphatic heterocycles. The van der Waals surface area contributed by atoms with Crippen LogP contribution in [0.15, 0.2) is 30.3 Å². The molecule has 3 nitrogen and oxygen atoms in total. The predicted molar refractivity (Wildman–Crippen MR) is 76.7 cm³/mol. The van der Waals surface area contributed by atoms with Gasteiger partial charge in [-0.15, -0.1) is 0 Å². The number of carbonyl (C=O) groups is 1. The minimum absolute atomic E-state index is 0.130. The molecule has 110 valence electrons. The van der Waals surface area contributed by atoms with Gasteiger partial charge in [-0.25, -0.2) is 4.79 Å². The van der Waals surface area contributed by atoms with Crippen LogP contribution < -0.4 is 0 Å². The van der Waals surface area contributed by atoms with E-state index < -0.39 is 0 Å². The van der Waals surface area contributed by atoms with Crippen LogP contribution in [0.25, 0.3) is 0 Å². The summed E-state index contributed by atoms with van der Waals surface area (Å²) in [6.45, 7) is 2.29. The monoisotopic (exact) mass is 284 g/mol. The van der Waals surface area contributed by atoms with E-state index in [4.69, 9.17) is 9.47 Å². The van der Waals surface area contributed by atoms with Crippen LogP contribution in [0.1, 0.15) is 36.5 Å². The number of ether oxygens (including phenoxy) is 2. The van der Waals surface area contributed by atoms with E-state index in [9.17, 15) is 4.79 Å². The Balaban J connectivity index is 1.32. The molecule has 0 amide bonds. The highest BCUT2D eigenvalue weighted by Gasteiger charge is 2.73. The van der Waals surface area contributed by atoms with Crippen LogP contribution >= 0.6 is 0 Å². The first-order chi connectivity index (χ1) is 10.2. The van der Waals surface area contributed by atoms with E-state index in [-0.39, 0.29) is 17.7 Å². The number of esters is 1. The van der Waals surface area contributed by atoms with E-state index in [0.29, 0.717) is 23.5 Å². The average molecular weight is 284 g/mol. The third-order valence-electron chi connectivity index (χ3n) is 6.50. The van der Waals surface area contributed by atoms with Gasteiger partial charge in [0, 0.05) is 0 Å². The van der Waals surface area contributed by atoms with E-state index in [1.54, 1.807) is 0 Å². The average Bonchev–Trinajstić information content (AvgIpc) is 2.84. The Morgan fingerprint density at radius 1 is 1.19 bits per heavy atom. The van der Waals surface area contributed by atoms with Crippen molar-refractivity contribution in [3.05, 3.63) is 35.9 Å². The number of epoxide rings is 1. The zero-order valence-electron chi connectivity index (χ0n) is 12.2. The molecule has 0 radical (unpaired) electrons. The van der Waals surface area contributed by atoms with Gasteiger partial charge in [0.25, 0.3) is 0 Å². The molecule has 0 unspecified atom stereocenters. The second kappa shape index (κ2) is 3.89. The molecule has 3 aliphatic carbocycles. The SMILES string of the molecule is C[C@@]12O[C@@H]1C[C@H]1[C@@H]3C[C@H](C[C@H]3OC(=O)c3ccccc3)[C@@H]12. The van der Waals surface area contributed by atoms with Crippen molar-refractivity contribution in [2.24, 2.45) is 23.7 Å². The second-order valence-electron chi connectivity index (χ2n) is 7.42. The summed E-state index contributed by atoms with van der Waals surface area (Å²) in [5, 5.41) is 0. The number of carbonyl (C=O) groups excluding carboxylic acids is 1. The summed E-state index contributed by atoms with van der Waals surface area (Å²) in [5.74, 6) is 2.56. The molecule has 1 aromatic carbocycles. The third-order valence-corrected chi connectivity index (χ3v) is 6.50. The molecule has 0 aromatic heterocycles. The molecule has 3 saturated carbocycles. The van der Waals surface area contributed by atoms with Gasteiger partial charge in [-0.1, -0.05) is 18.2 Å². The fourth-order valence-corrected chi connectivity index (χ4v) is 5.66. The standard InChI is InChI=1S/C18H20O3/c1-18-15(21-18)9-13-12-7-11(16(13)18)8-14(12)20-17(19)10-5-3-2-4-6-10/h2-6,11-16H,7-9H2,1H3/t11-,12+,13+,14-,15-,16+,18-/m1/s1. The van der Waals surface area contributed by atoms with Crippen LogP contribution in [0, 0.1) is 23.7 Å². The van der Waals surface area contributed by atoms with Crippen LogP contribution in [-0.4, -0.2) is 23.8 Å². The van der Waals surface area contributed by atoms with Crippen molar-refractivity contribution in [3.63, 3.8) is 0 Å². The van der Waals surface area contributed by atoms with Crippen molar-refractivity contribution < 1.29 is 14.3 Å². The minimum Gasteiger partial charge on any atom is -0.458 e. The van der Waals surface area contributed by atoms with Gasteiger partial charge >= 0.3 is 5.97 Å². The Morgan fingerprint density at radius 2 is 2.00 bits per heavy atom.